The molecule has 1 heterocycles. The Morgan fingerprint density at radius 1 is 1.23 bits per heavy atom. The van der Waals surface area contributed by atoms with Gasteiger partial charge in [-0.05, 0) is 36.8 Å². The Balaban J connectivity index is 1.88. The minimum atomic E-state index is 0.604. The van der Waals surface area contributed by atoms with E-state index in [4.69, 9.17) is 9.15 Å². The number of rotatable bonds is 7. The summed E-state index contributed by atoms with van der Waals surface area (Å²) in [7, 11) is 1.67. The van der Waals surface area contributed by atoms with Crippen LogP contribution in [0.4, 0.5) is 0 Å². The fraction of sp³-hybridized carbons (Fsp3) is 0.353. The van der Waals surface area contributed by atoms with Crippen molar-refractivity contribution in [3.8, 4) is 5.75 Å². The molecular formula is C17H23N3O2. The maximum Gasteiger partial charge on any atom is 0.191 e. The summed E-state index contributed by atoms with van der Waals surface area (Å²) >= 11 is 0. The van der Waals surface area contributed by atoms with Crippen molar-refractivity contribution in [2.75, 3.05) is 20.2 Å². The van der Waals surface area contributed by atoms with E-state index < -0.39 is 0 Å². The number of furan rings is 1. The minimum Gasteiger partial charge on any atom is -0.497 e. The first-order valence-corrected chi connectivity index (χ1v) is 7.49. The van der Waals surface area contributed by atoms with Gasteiger partial charge in [0.15, 0.2) is 5.96 Å². The van der Waals surface area contributed by atoms with Gasteiger partial charge in [0.05, 0.1) is 19.9 Å². The molecule has 2 aromatic rings. The van der Waals surface area contributed by atoms with Crippen molar-refractivity contribution in [1.82, 2.24) is 10.6 Å². The van der Waals surface area contributed by atoms with Gasteiger partial charge in [-0.15, -0.1) is 0 Å². The topological polar surface area (TPSA) is 58.8 Å². The number of hydrogen-bond acceptors (Lipinski definition) is 3. The molecule has 0 fully saturated rings. The summed E-state index contributed by atoms with van der Waals surface area (Å²) in [5, 5.41) is 6.54. The van der Waals surface area contributed by atoms with E-state index in [9.17, 15) is 0 Å². The lowest BCUT2D eigenvalue weighted by atomic mass is 10.2. The van der Waals surface area contributed by atoms with Crippen LogP contribution in [0.15, 0.2) is 52.1 Å². The molecule has 0 aliphatic rings. The molecule has 0 aliphatic carbocycles. The first-order valence-electron chi connectivity index (χ1n) is 7.49. The average Bonchev–Trinajstić information content (AvgIpc) is 3.06. The number of hydrogen-bond donors (Lipinski definition) is 2. The van der Waals surface area contributed by atoms with Gasteiger partial charge in [-0.3, -0.25) is 0 Å². The monoisotopic (exact) mass is 301 g/mol. The molecule has 2 N–H and O–H groups in total. The van der Waals surface area contributed by atoms with Crippen LogP contribution in [-0.4, -0.2) is 26.2 Å². The Morgan fingerprint density at radius 2 is 2.14 bits per heavy atom. The second-order valence-electron chi connectivity index (χ2n) is 4.80. The van der Waals surface area contributed by atoms with Gasteiger partial charge in [-0.1, -0.05) is 12.1 Å². The van der Waals surface area contributed by atoms with Gasteiger partial charge in [0.25, 0.3) is 0 Å². The van der Waals surface area contributed by atoms with Gasteiger partial charge in [0.2, 0.25) is 0 Å². The lowest BCUT2D eigenvalue weighted by Gasteiger charge is -2.11. The molecule has 0 atom stereocenters. The second-order valence-corrected chi connectivity index (χ2v) is 4.80. The fourth-order valence-electron chi connectivity index (χ4n) is 2.04. The van der Waals surface area contributed by atoms with Gasteiger partial charge >= 0.3 is 0 Å². The molecule has 1 aromatic carbocycles. The van der Waals surface area contributed by atoms with E-state index in [1.165, 1.54) is 0 Å². The first-order chi connectivity index (χ1) is 10.8. The zero-order valence-electron chi connectivity index (χ0n) is 13.1. The fourth-order valence-corrected chi connectivity index (χ4v) is 2.04. The normalized spacial score (nSPS) is 11.3. The maximum absolute atomic E-state index is 5.32. The highest BCUT2D eigenvalue weighted by molar-refractivity contribution is 5.79. The predicted molar refractivity (Wildman–Crippen MR) is 88.2 cm³/mol. The van der Waals surface area contributed by atoms with Gasteiger partial charge in [0.1, 0.15) is 11.5 Å². The SMILES string of the molecule is CCNC(=NCc1cccc(OC)c1)NCCc1ccco1. The van der Waals surface area contributed by atoms with E-state index in [-0.39, 0.29) is 0 Å². The maximum atomic E-state index is 5.32. The zero-order valence-corrected chi connectivity index (χ0v) is 13.1. The Hall–Kier alpha value is -2.43. The molecule has 0 aliphatic heterocycles. The summed E-state index contributed by atoms with van der Waals surface area (Å²) in [6.45, 7) is 4.25. The molecule has 22 heavy (non-hydrogen) atoms. The molecular weight excluding hydrogens is 278 g/mol. The third-order valence-corrected chi connectivity index (χ3v) is 3.14. The molecule has 2 rings (SSSR count). The number of ether oxygens (including phenoxy) is 1. The molecule has 0 amide bonds. The van der Waals surface area contributed by atoms with Gasteiger partial charge < -0.3 is 19.8 Å². The molecule has 0 spiro atoms. The van der Waals surface area contributed by atoms with Crippen LogP contribution in [0.2, 0.25) is 0 Å². The summed E-state index contributed by atoms with van der Waals surface area (Å²) in [5.41, 5.74) is 1.11. The van der Waals surface area contributed by atoms with Crippen molar-refractivity contribution in [3.05, 3.63) is 54.0 Å². The smallest absolute Gasteiger partial charge is 0.191 e. The van der Waals surface area contributed by atoms with Crippen LogP contribution in [0.5, 0.6) is 5.75 Å². The molecule has 0 unspecified atom stereocenters. The van der Waals surface area contributed by atoms with E-state index in [0.29, 0.717) is 6.54 Å². The molecule has 0 bridgehead atoms. The molecule has 0 radical (unpaired) electrons. The van der Waals surface area contributed by atoms with Crippen molar-refractivity contribution < 1.29 is 9.15 Å². The molecule has 5 nitrogen and oxygen atoms in total. The van der Waals surface area contributed by atoms with Crippen LogP contribution in [0, 0.1) is 0 Å². The molecule has 118 valence electrons. The summed E-state index contributed by atoms with van der Waals surface area (Å²) in [6, 6.07) is 11.8. The van der Waals surface area contributed by atoms with Gasteiger partial charge in [0, 0.05) is 19.5 Å². The van der Waals surface area contributed by atoms with Crippen molar-refractivity contribution in [1.29, 1.82) is 0 Å². The third kappa shape index (κ3) is 5.16. The molecule has 1 aromatic heterocycles. The largest absolute Gasteiger partial charge is 0.497 e. The minimum absolute atomic E-state index is 0.604. The van der Waals surface area contributed by atoms with Crippen LogP contribution in [0.3, 0.4) is 0 Å². The summed E-state index contributed by atoms with van der Waals surface area (Å²) < 4.78 is 10.5. The summed E-state index contributed by atoms with van der Waals surface area (Å²) in [4.78, 5) is 4.59. The molecule has 0 saturated carbocycles. The summed E-state index contributed by atoms with van der Waals surface area (Å²) in [6.07, 6.45) is 2.52. The van der Waals surface area contributed by atoms with Crippen LogP contribution >= 0.6 is 0 Å². The zero-order chi connectivity index (χ0) is 15.6. The number of methoxy groups -OCH3 is 1. The van der Waals surface area contributed by atoms with Gasteiger partial charge in [-0.25, -0.2) is 4.99 Å². The van der Waals surface area contributed by atoms with Crippen molar-refractivity contribution in [2.45, 2.75) is 19.9 Å². The van der Waals surface area contributed by atoms with E-state index in [1.807, 2.05) is 36.4 Å². The third-order valence-electron chi connectivity index (χ3n) is 3.14. The quantitative estimate of drug-likeness (QED) is 0.609. The van der Waals surface area contributed by atoms with E-state index in [0.717, 1.165) is 42.5 Å². The molecule has 5 heteroatoms. The van der Waals surface area contributed by atoms with Crippen LogP contribution in [0.1, 0.15) is 18.2 Å². The Morgan fingerprint density at radius 3 is 2.86 bits per heavy atom. The van der Waals surface area contributed by atoms with Crippen molar-refractivity contribution in [2.24, 2.45) is 4.99 Å². The lowest BCUT2D eigenvalue weighted by Crippen LogP contribution is -2.38. The van der Waals surface area contributed by atoms with Gasteiger partial charge in [-0.2, -0.15) is 0 Å². The van der Waals surface area contributed by atoms with Crippen LogP contribution in [0.25, 0.3) is 0 Å². The van der Waals surface area contributed by atoms with Crippen LogP contribution < -0.4 is 15.4 Å². The number of guanidine groups is 1. The van der Waals surface area contributed by atoms with Crippen LogP contribution in [-0.2, 0) is 13.0 Å². The van der Waals surface area contributed by atoms with E-state index in [2.05, 4.69) is 22.5 Å². The molecule has 0 saturated heterocycles. The number of aliphatic imine (C=N–C) groups is 1. The number of nitrogens with one attached hydrogen (secondary N) is 2. The Bertz CT molecular complexity index is 579. The predicted octanol–water partition coefficient (Wildman–Crippen LogP) is 2.59. The van der Waals surface area contributed by atoms with E-state index >= 15 is 0 Å². The lowest BCUT2D eigenvalue weighted by molar-refractivity contribution is 0.414. The van der Waals surface area contributed by atoms with Crippen molar-refractivity contribution >= 4 is 5.96 Å². The highest BCUT2D eigenvalue weighted by atomic mass is 16.5. The highest BCUT2D eigenvalue weighted by Gasteiger charge is 2.00. The average molecular weight is 301 g/mol. The Kier molecular flexibility index (Phi) is 6.36. The second kappa shape index (κ2) is 8.77. The Labute approximate surface area is 131 Å². The highest BCUT2D eigenvalue weighted by Crippen LogP contribution is 2.13. The van der Waals surface area contributed by atoms with Crippen molar-refractivity contribution in [3.63, 3.8) is 0 Å². The standard InChI is InChI=1S/C17H23N3O2/c1-3-18-17(19-10-9-15-8-5-11-22-15)20-13-14-6-4-7-16(12-14)21-2/h4-8,11-12H,3,9-10,13H2,1-2H3,(H2,18,19,20). The number of nitrogens with zero attached hydrogens (tertiary/aromatic N) is 1. The van der Waals surface area contributed by atoms with E-state index in [1.54, 1.807) is 13.4 Å². The first kappa shape index (κ1) is 15.9. The number of benzene rings is 1. The summed E-state index contributed by atoms with van der Waals surface area (Å²) in [5.74, 6) is 2.62.